The maximum Gasteiger partial charge on any atom is 0.261 e. The number of aryl methyl sites for hydroxylation is 2. The number of carbonyl (C=O) groups is 1. The van der Waals surface area contributed by atoms with Crippen molar-refractivity contribution in [1.29, 1.82) is 0 Å². The Balaban J connectivity index is 1.55. The van der Waals surface area contributed by atoms with Gasteiger partial charge in [-0.2, -0.15) is 0 Å². The molecule has 0 atom stereocenters. The van der Waals surface area contributed by atoms with E-state index in [1.807, 2.05) is 44.2 Å². The van der Waals surface area contributed by atoms with Gasteiger partial charge in [0.05, 0.1) is 23.1 Å². The third kappa shape index (κ3) is 3.75. The van der Waals surface area contributed by atoms with Crippen molar-refractivity contribution in [3.63, 3.8) is 0 Å². The lowest BCUT2D eigenvalue weighted by Gasteiger charge is -2.07. The molecule has 1 amide bonds. The van der Waals surface area contributed by atoms with E-state index in [0.717, 1.165) is 27.1 Å². The monoisotopic (exact) mass is 392 g/mol. The van der Waals surface area contributed by atoms with E-state index in [9.17, 15) is 4.79 Å². The highest BCUT2D eigenvalue weighted by Gasteiger charge is 2.19. The molecule has 0 fully saturated rings. The Morgan fingerprint density at radius 3 is 2.82 bits per heavy atom. The van der Waals surface area contributed by atoms with Gasteiger partial charge >= 0.3 is 0 Å². The number of fused-ring (bicyclic) bond motifs is 1. The molecule has 0 aliphatic rings. The summed E-state index contributed by atoms with van der Waals surface area (Å²) in [5, 5.41) is 7.16. The minimum absolute atomic E-state index is 0.0982. The van der Waals surface area contributed by atoms with Gasteiger partial charge in [-0.3, -0.25) is 4.79 Å². The van der Waals surface area contributed by atoms with Crippen molar-refractivity contribution in [3.05, 3.63) is 76.3 Å². The van der Waals surface area contributed by atoms with Crippen LogP contribution < -0.4 is 10.6 Å². The second kappa shape index (κ2) is 7.82. The summed E-state index contributed by atoms with van der Waals surface area (Å²) in [6, 6.07) is 11.9. The number of furan rings is 1. The third-order valence-corrected chi connectivity index (χ3v) is 5.68. The van der Waals surface area contributed by atoms with E-state index in [4.69, 9.17) is 4.42 Å². The van der Waals surface area contributed by atoms with Gasteiger partial charge in [-0.15, -0.1) is 11.3 Å². The van der Waals surface area contributed by atoms with E-state index < -0.39 is 0 Å². The van der Waals surface area contributed by atoms with Crippen molar-refractivity contribution in [3.8, 4) is 0 Å². The van der Waals surface area contributed by atoms with Crippen LogP contribution in [0.25, 0.3) is 10.2 Å². The third-order valence-electron chi connectivity index (χ3n) is 4.48. The number of benzene rings is 1. The molecule has 0 aliphatic heterocycles. The maximum absolute atomic E-state index is 12.8. The fourth-order valence-corrected chi connectivity index (χ4v) is 4.16. The number of carbonyl (C=O) groups excluding carboxylic acids is 1. The zero-order valence-corrected chi connectivity index (χ0v) is 16.5. The summed E-state index contributed by atoms with van der Waals surface area (Å²) in [6.45, 7) is 4.98. The number of nitrogens with one attached hydrogen (secondary N) is 2. The molecule has 4 rings (SSSR count). The lowest BCUT2D eigenvalue weighted by molar-refractivity contribution is 0.0954. The molecular formula is C21H20N4O2S. The fourth-order valence-electron chi connectivity index (χ4n) is 3.09. The molecule has 0 spiro atoms. The van der Waals surface area contributed by atoms with Gasteiger partial charge in [-0.25, -0.2) is 9.97 Å². The van der Waals surface area contributed by atoms with Crippen LogP contribution in [0.2, 0.25) is 0 Å². The van der Waals surface area contributed by atoms with Crippen LogP contribution >= 0.6 is 11.3 Å². The molecule has 0 aliphatic carbocycles. The summed E-state index contributed by atoms with van der Waals surface area (Å²) in [6.07, 6.45) is 3.15. The molecule has 0 saturated carbocycles. The highest BCUT2D eigenvalue weighted by molar-refractivity contribution is 7.20. The topological polar surface area (TPSA) is 80.0 Å². The van der Waals surface area contributed by atoms with Gasteiger partial charge in [0.15, 0.2) is 0 Å². The second-order valence-corrected chi connectivity index (χ2v) is 7.56. The van der Waals surface area contributed by atoms with Crippen LogP contribution in [0.5, 0.6) is 0 Å². The molecule has 0 radical (unpaired) electrons. The predicted octanol–water partition coefficient (Wildman–Crippen LogP) is 4.44. The van der Waals surface area contributed by atoms with Gasteiger partial charge in [-0.05, 0) is 37.1 Å². The van der Waals surface area contributed by atoms with Gasteiger partial charge in [0.1, 0.15) is 22.7 Å². The summed E-state index contributed by atoms with van der Waals surface area (Å²) >= 11 is 1.38. The molecule has 0 unspecified atom stereocenters. The van der Waals surface area contributed by atoms with Crippen LogP contribution in [0.3, 0.4) is 0 Å². The molecule has 7 heteroatoms. The zero-order chi connectivity index (χ0) is 19.5. The minimum Gasteiger partial charge on any atom is -0.467 e. The number of aromatic nitrogens is 2. The molecule has 142 valence electrons. The first-order valence-corrected chi connectivity index (χ1v) is 9.77. The van der Waals surface area contributed by atoms with Crippen molar-refractivity contribution >= 4 is 33.3 Å². The van der Waals surface area contributed by atoms with Crippen LogP contribution in [0.15, 0.2) is 53.4 Å². The lowest BCUT2D eigenvalue weighted by Crippen LogP contribution is -2.22. The standard InChI is InChI=1S/C21H20N4O2S/c1-13-5-3-6-15(9-13)10-23-20(26)18-14(2)17-19(24-12-25-21(17)28-18)22-11-16-7-4-8-27-16/h3-9,12H,10-11H2,1-2H3,(H,23,26)(H,22,24,25). The number of hydrogen-bond acceptors (Lipinski definition) is 6. The Bertz CT molecular complexity index is 1120. The molecular weight excluding hydrogens is 372 g/mol. The minimum atomic E-state index is -0.0982. The molecule has 3 aromatic heterocycles. The number of thiophene rings is 1. The normalized spacial score (nSPS) is 10.9. The summed E-state index contributed by atoms with van der Waals surface area (Å²) in [4.78, 5) is 22.9. The average molecular weight is 392 g/mol. The summed E-state index contributed by atoms with van der Waals surface area (Å²) in [7, 11) is 0. The van der Waals surface area contributed by atoms with E-state index in [2.05, 4.69) is 26.7 Å². The molecule has 4 aromatic rings. The van der Waals surface area contributed by atoms with Crippen LogP contribution in [0.1, 0.15) is 32.1 Å². The van der Waals surface area contributed by atoms with Gasteiger partial charge in [0, 0.05) is 6.54 Å². The highest BCUT2D eigenvalue weighted by atomic mass is 32.1. The van der Waals surface area contributed by atoms with E-state index >= 15 is 0 Å². The molecule has 6 nitrogen and oxygen atoms in total. The number of rotatable bonds is 6. The quantitative estimate of drug-likeness (QED) is 0.507. The Kier molecular flexibility index (Phi) is 5.08. The second-order valence-electron chi connectivity index (χ2n) is 6.56. The van der Waals surface area contributed by atoms with Crippen LogP contribution in [0, 0.1) is 13.8 Å². The molecule has 0 saturated heterocycles. The van der Waals surface area contributed by atoms with Crippen molar-refractivity contribution in [2.75, 3.05) is 5.32 Å². The van der Waals surface area contributed by atoms with Gasteiger partial charge in [0.2, 0.25) is 0 Å². The number of anilines is 1. The summed E-state index contributed by atoms with van der Waals surface area (Å²) < 4.78 is 5.36. The highest BCUT2D eigenvalue weighted by Crippen LogP contribution is 2.33. The predicted molar refractivity (Wildman–Crippen MR) is 111 cm³/mol. The van der Waals surface area contributed by atoms with Crippen LogP contribution in [-0.4, -0.2) is 15.9 Å². The number of amides is 1. The number of nitrogens with zero attached hydrogens (tertiary/aromatic N) is 2. The first-order valence-electron chi connectivity index (χ1n) is 8.96. The molecule has 28 heavy (non-hydrogen) atoms. The molecule has 1 aromatic carbocycles. The Morgan fingerprint density at radius 2 is 2.04 bits per heavy atom. The summed E-state index contributed by atoms with van der Waals surface area (Å²) in [5.74, 6) is 1.42. The van der Waals surface area contributed by atoms with E-state index in [0.29, 0.717) is 23.8 Å². The average Bonchev–Trinajstić information content (AvgIpc) is 3.33. The van der Waals surface area contributed by atoms with Crippen molar-refractivity contribution in [1.82, 2.24) is 15.3 Å². The van der Waals surface area contributed by atoms with Crippen molar-refractivity contribution < 1.29 is 9.21 Å². The first kappa shape index (κ1) is 18.2. The Labute approximate surface area is 166 Å². The Hall–Kier alpha value is -3.19. The summed E-state index contributed by atoms with van der Waals surface area (Å²) in [5.41, 5.74) is 3.13. The largest absolute Gasteiger partial charge is 0.467 e. The van der Waals surface area contributed by atoms with E-state index in [1.54, 1.807) is 6.26 Å². The van der Waals surface area contributed by atoms with E-state index in [-0.39, 0.29) is 5.91 Å². The molecule has 0 bridgehead atoms. The molecule has 2 N–H and O–H groups in total. The molecule has 3 heterocycles. The number of hydrogen-bond donors (Lipinski definition) is 2. The Morgan fingerprint density at radius 1 is 1.14 bits per heavy atom. The maximum atomic E-state index is 12.8. The zero-order valence-electron chi connectivity index (χ0n) is 15.7. The lowest BCUT2D eigenvalue weighted by atomic mass is 10.1. The van der Waals surface area contributed by atoms with Gasteiger partial charge in [-0.1, -0.05) is 29.8 Å². The van der Waals surface area contributed by atoms with Crippen molar-refractivity contribution in [2.24, 2.45) is 0 Å². The van der Waals surface area contributed by atoms with Gasteiger partial charge in [0.25, 0.3) is 5.91 Å². The van der Waals surface area contributed by atoms with Crippen LogP contribution in [0.4, 0.5) is 5.82 Å². The smallest absolute Gasteiger partial charge is 0.261 e. The SMILES string of the molecule is Cc1cccc(CNC(=O)c2sc3ncnc(NCc4ccco4)c3c2C)c1. The van der Waals surface area contributed by atoms with Gasteiger partial charge < -0.3 is 15.1 Å². The fraction of sp³-hybridized carbons (Fsp3) is 0.190. The van der Waals surface area contributed by atoms with Crippen molar-refractivity contribution in [2.45, 2.75) is 26.9 Å². The van der Waals surface area contributed by atoms with E-state index in [1.165, 1.54) is 23.2 Å². The first-order chi connectivity index (χ1) is 13.6. The van der Waals surface area contributed by atoms with Crippen LogP contribution in [-0.2, 0) is 13.1 Å².